The first-order valence-electron chi connectivity index (χ1n) is 8.32. The molecule has 3 heterocycles. The molecule has 2 aromatic heterocycles. The van der Waals surface area contributed by atoms with Crippen LogP contribution < -0.4 is 0 Å². The van der Waals surface area contributed by atoms with Gasteiger partial charge in [0.1, 0.15) is 11.5 Å². The highest BCUT2D eigenvalue weighted by molar-refractivity contribution is 5.92. The van der Waals surface area contributed by atoms with Gasteiger partial charge in [0.2, 0.25) is 0 Å². The van der Waals surface area contributed by atoms with Crippen LogP contribution in [0.4, 0.5) is 0 Å². The van der Waals surface area contributed by atoms with Crippen LogP contribution in [0.25, 0.3) is 0 Å². The Morgan fingerprint density at radius 2 is 2.04 bits per heavy atom. The highest BCUT2D eigenvalue weighted by Crippen LogP contribution is 2.23. The van der Waals surface area contributed by atoms with E-state index < -0.39 is 0 Å². The fourth-order valence-corrected chi connectivity index (χ4v) is 3.40. The van der Waals surface area contributed by atoms with Crippen molar-refractivity contribution in [2.75, 3.05) is 13.1 Å². The van der Waals surface area contributed by atoms with Crippen LogP contribution in [-0.4, -0.2) is 43.2 Å². The van der Waals surface area contributed by atoms with E-state index in [1.54, 1.807) is 16.9 Å². The molecule has 1 amide bonds. The summed E-state index contributed by atoms with van der Waals surface area (Å²) in [7, 11) is 1.82. The van der Waals surface area contributed by atoms with Crippen molar-refractivity contribution in [2.24, 2.45) is 13.0 Å². The second-order valence-corrected chi connectivity index (χ2v) is 6.46. The third-order valence-electron chi connectivity index (χ3n) is 4.96. The summed E-state index contributed by atoms with van der Waals surface area (Å²) in [5.41, 5.74) is 1.90. The smallest absolute Gasteiger partial charge is 0.272 e. The van der Waals surface area contributed by atoms with E-state index in [0.29, 0.717) is 11.6 Å². The summed E-state index contributed by atoms with van der Waals surface area (Å²) in [6.45, 7) is 6.88. The van der Waals surface area contributed by atoms with Crippen molar-refractivity contribution in [1.29, 1.82) is 0 Å². The molecule has 6 nitrogen and oxygen atoms in total. The van der Waals surface area contributed by atoms with Crippen LogP contribution in [0.15, 0.2) is 18.5 Å². The molecule has 0 radical (unpaired) electrons. The largest absolute Gasteiger partial charge is 0.337 e. The van der Waals surface area contributed by atoms with Crippen molar-refractivity contribution in [3.63, 3.8) is 0 Å². The maximum atomic E-state index is 12.5. The molecule has 1 aliphatic heterocycles. The van der Waals surface area contributed by atoms with Crippen molar-refractivity contribution in [3.8, 4) is 0 Å². The molecule has 0 bridgehead atoms. The van der Waals surface area contributed by atoms with Gasteiger partial charge >= 0.3 is 0 Å². The number of nitrogens with zero attached hydrogens (tertiary/aromatic N) is 5. The quantitative estimate of drug-likeness (QED) is 0.869. The van der Waals surface area contributed by atoms with E-state index in [2.05, 4.69) is 28.5 Å². The van der Waals surface area contributed by atoms with Gasteiger partial charge in [-0.05, 0) is 45.1 Å². The van der Waals surface area contributed by atoms with Gasteiger partial charge in [-0.1, -0.05) is 0 Å². The van der Waals surface area contributed by atoms with E-state index in [-0.39, 0.29) is 5.91 Å². The van der Waals surface area contributed by atoms with Crippen LogP contribution in [-0.2, 0) is 13.6 Å². The van der Waals surface area contributed by atoms with E-state index in [1.807, 2.05) is 18.1 Å². The van der Waals surface area contributed by atoms with Crippen molar-refractivity contribution >= 4 is 5.91 Å². The van der Waals surface area contributed by atoms with Gasteiger partial charge in [-0.3, -0.25) is 9.48 Å². The maximum absolute atomic E-state index is 12.5. The Morgan fingerprint density at radius 1 is 1.30 bits per heavy atom. The van der Waals surface area contributed by atoms with E-state index in [1.165, 1.54) is 5.69 Å². The summed E-state index contributed by atoms with van der Waals surface area (Å²) in [4.78, 5) is 18.8. The number of carbonyl (C=O) groups is 1. The monoisotopic (exact) mass is 315 g/mol. The number of aryl methyl sites for hydroxylation is 3. The minimum absolute atomic E-state index is 0.102. The molecule has 124 valence electrons. The van der Waals surface area contributed by atoms with Gasteiger partial charge in [-0.25, -0.2) is 4.98 Å². The van der Waals surface area contributed by atoms with Crippen LogP contribution in [0.5, 0.6) is 0 Å². The van der Waals surface area contributed by atoms with Crippen molar-refractivity contribution in [1.82, 2.24) is 24.2 Å². The Kier molecular flexibility index (Phi) is 4.50. The van der Waals surface area contributed by atoms with E-state index >= 15 is 0 Å². The second-order valence-electron chi connectivity index (χ2n) is 6.46. The maximum Gasteiger partial charge on any atom is 0.272 e. The van der Waals surface area contributed by atoms with Crippen LogP contribution in [0.3, 0.4) is 0 Å². The molecular formula is C17H25N5O. The van der Waals surface area contributed by atoms with Gasteiger partial charge < -0.3 is 9.47 Å². The van der Waals surface area contributed by atoms with E-state index in [9.17, 15) is 4.79 Å². The zero-order chi connectivity index (χ0) is 16.4. The van der Waals surface area contributed by atoms with Gasteiger partial charge in [0.05, 0.1) is 0 Å². The van der Waals surface area contributed by atoms with Gasteiger partial charge in [0.15, 0.2) is 0 Å². The third-order valence-corrected chi connectivity index (χ3v) is 4.96. The Morgan fingerprint density at radius 3 is 2.61 bits per heavy atom. The summed E-state index contributed by atoms with van der Waals surface area (Å²) < 4.78 is 3.94. The summed E-state index contributed by atoms with van der Waals surface area (Å²) in [5.74, 6) is 1.88. The first-order chi connectivity index (χ1) is 11.1. The number of hydrogen-bond donors (Lipinski definition) is 0. The fraction of sp³-hybridized carbons (Fsp3) is 0.588. The molecule has 6 heteroatoms. The SMILES string of the molecule is Cc1cnc(C)n1CCC1CCN(C(=O)c2ccnn2C)CC1. The van der Waals surface area contributed by atoms with Crippen molar-refractivity contribution < 1.29 is 4.79 Å². The second kappa shape index (κ2) is 6.56. The predicted octanol–water partition coefficient (Wildman–Crippen LogP) is 2.18. The fourth-order valence-electron chi connectivity index (χ4n) is 3.40. The average molecular weight is 315 g/mol. The third kappa shape index (κ3) is 3.30. The number of amides is 1. The highest BCUT2D eigenvalue weighted by Gasteiger charge is 2.25. The molecule has 3 rings (SSSR count). The first kappa shape index (κ1) is 15.8. The minimum atomic E-state index is 0.102. The Hall–Kier alpha value is -2.11. The molecule has 0 N–H and O–H groups in total. The Bertz CT molecular complexity index is 659. The molecule has 1 saturated heterocycles. The van der Waals surface area contributed by atoms with Crippen LogP contribution in [0, 0.1) is 19.8 Å². The minimum Gasteiger partial charge on any atom is -0.337 e. The molecule has 1 aliphatic rings. The number of hydrogen-bond acceptors (Lipinski definition) is 3. The highest BCUT2D eigenvalue weighted by atomic mass is 16.2. The zero-order valence-corrected chi connectivity index (χ0v) is 14.2. The topological polar surface area (TPSA) is 56.0 Å². The van der Waals surface area contributed by atoms with Crippen molar-refractivity contribution in [2.45, 2.75) is 39.7 Å². The predicted molar refractivity (Wildman–Crippen MR) is 88.2 cm³/mol. The first-order valence-corrected chi connectivity index (χ1v) is 8.32. The standard InChI is InChI=1S/C17H25N5O/c1-13-12-18-14(2)22(13)11-7-15-5-9-21(10-6-15)17(23)16-4-8-19-20(16)3/h4,8,12,15H,5-7,9-11H2,1-3H3. The van der Waals surface area contributed by atoms with Gasteiger partial charge in [0.25, 0.3) is 5.91 Å². The molecule has 2 aromatic rings. The lowest BCUT2D eigenvalue weighted by Gasteiger charge is -2.32. The van der Waals surface area contributed by atoms with Crippen LogP contribution in [0.1, 0.15) is 41.3 Å². The molecule has 0 saturated carbocycles. The number of likely N-dealkylation sites (tertiary alicyclic amines) is 1. The lowest BCUT2D eigenvalue weighted by Crippen LogP contribution is -2.39. The number of carbonyl (C=O) groups excluding carboxylic acids is 1. The lowest BCUT2D eigenvalue weighted by atomic mass is 9.93. The summed E-state index contributed by atoms with van der Waals surface area (Å²) in [5, 5.41) is 4.08. The number of piperidine rings is 1. The van der Waals surface area contributed by atoms with Gasteiger partial charge in [0, 0.05) is 44.8 Å². The normalized spacial score (nSPS) is 16.0. The molecule has 23 heavy (non-hydrogen) atoms. The zero-order valence-electron chi connectivity index (χ0n) is 14.2. The Balaban J connectivity index is 1.51. The van der Waals surface area contributed by atoms with Gasteiger partial charge in [-0.2, -0.15) is 5.10 Å². The number of imidazole rings is 1. The molecule has 0 aromatic carbocycles. The Labute approximate surface area is 137 Å². The lowest BCUT2D eigenvalue weighted by molar-refractivity contribution is 0.0673. The molecule has 0 unspecified atom stereocenters. The molecule has 1 fully saturated rings. The van der Waals surface area contributed by atoms with Crippen molar-refractivity contribution in [3.05, 3.63) is 35.7 Å². The molecule has 0 atom stereocenters. The number of aromatic nitrogens is 4. The summed E-state index contributed by atoms with van der Waals surface area (Å²) in [6, 6.07) is 1.79. The van der Waals surface area contributed by atoms with E-state index in [4.69, 9.17) is 0 Å². The molecular weight excluding hydrogens is 290 g/mol. The van der Waals surface area contributed by atoms with E-state index in [0.717, 1.165) is 44.7 Å². The van der Waals surface area contributed by atoms with Crippen LogP contribution >= 0.6 is 0 Å². The van der Waals surface area contributed by atoms with Gasteiger partial charge in [-0.15, -0.1) is 0 Å². The average Bonchev–Trinajstić information content (AvgIpc) is 3.11. The molecule has 0 spiro atoms. The molecule has 0 aliphatic carbocycles. The summed E-state index contributed by atoms with van der Waals surface area (Å²) >= 11 is 0. The number of rotatable bonds is 4. The summed E-state index contributed by atoms with van der Waals surface area (Å²) in [6.07, 6.45) is 6.93. The van der Waals surface area contributed by atoms with Crippen LogP contribution in [0.2, 0.25) is 0 Å².